The number of nitro benzene ring substituents is 1. The van der Waals surface area contributed by atoms with Crippen LogP contribution in [0.4, 0.5) is 15.8 Å². The number of non-ortho nitro benzene ring substituents is 1. The van der Waals surface area contributed by atoms with Crippen molar-refractivity contribution in [3.8, 4) is 0 Å². The standard InChI is InChI=1S/C13H7Cl2FN2O3/c14-10-6-11(15)12(16)5-9(10)13(19)17-7-1-3-8(4-2-7)18(20)21/h1-6H,(H,17,19). The largest absolute Gasteiger partial charge is 0.322 e. The van der Waals surface area contributed by atoms with Gasteiger partial charge in [0.25, 0.3) is 11.6 Å². The normalized spacial score (nSPS) is 10.2. The molecule has 0 aliphatic rings. The van der Waals surface area contributed by atoms with E-state index in [1.807, 2.05) is 0 Å². The Bertz CT molecular complexity index is 720. The summed E-state index contributed by atoms with van der Waals surface area (Å²) >= 11 is 11.4. The van der Waals surface area contributed by atoms with Crippen LogP contribution in [0.2, 0.25) is 10.0 Å². The lowest BCUT2D eigenvalue weighted by Crippen LogP contribution is -2.12. The summed E-state index contributed by atoms with van der Waals surface area (Å²) in [5.74, 6) is -1.42. The minimum atomic E-state index is -0.769. The maximum absolute atomic E-state index is 13.4. The van der Waals surface area contributed by atoms with Crippen LogP contribution in [0.3, 0.4) is 0 Å². The van der Waals surface area contributed by atoms with Crippen molar-refractivity contribution in [3.05, 3.63) is 67.9 Å². The number of nitrogens with one attached hydrogen (secondary N) is 1. The van der Waals surface area contributed by atoms with Gasteiger partial charge in [0.05, 0.1) is 20.5 Å². The molecule has 0 bridgehead atoms. The van der Waals surface area contributed by atoms with E-state index in [4.69, 9.17) is 23.2 Å². The van der Waals surface area contributed by atoms with Gasteiger partial charge in [-0.25, -0.2) is 4.39 Å². The van der Waals surface area contributed by atoms with Crippen LogP contribution >= 0.6 is 23.2 Å². The first-order chi connectivity index (χ1) is 9.88. The Morgan fingerprint density at radius 1 is 1.14 bits per heavy atom. The Kier molecular flexibility index (Phi) is 4.40. The Labute approximate surface area is 128 Å². The summed E-state index contributed by atoms with van der Waals surface area (Å²) in [6.07, 6.45) is 0. The summed E-state index contributed by atoms with van der Waals surface area (Å²) in [5, 5.41) is 12.8. The zero-order chi connectivity index (χ0) is 15.6. The second kappa shape index (κ2) is 6.07. The zero-order valence-electron chi connectivity index (χ0n) is 10.3. The third-order valence-electron chi connectivity index (χ3n) is 2.59. The minimum Gasteiger partial charge on any atom is -0.322 e. The molecule has 5 nitrogen and oxygen atoms in total. The molecule has 2 aromatic rings. The average Bonchev–Trinajstić information content (AvgIpc) is 2.43. The molecule has 0 heterocycles. The topological polar surface area (TPSA) is 72.2 Å². The highest BCUT2D eigenvalue weighted by Gasteiger charge is 2.15. The van der Waals surface area contributed by atoms with Gasteiger partial charge in [-0.2, -0.15) is 0 Å². The number of carbonyl (C=O) groups excluding carboxylic acids is 1. The Morgan fingerprint density at radius 2 is 1.76 bits per heavy atom. The van der Waals surface area contributed by atoms with Gasteiger partial charge in [0.15, 0.2) is 0 Å². The summed E-state index contributed by atoms with van der Waals surface area (Å²) in [7, 11) is 0. The van der Waals surface area contributed by atoms with Crippen LogP contribution in [0.25, 0.3) is 0 Å². The molecule has 2 rings (SSSR count). The van der Waals surface area contributed by atoms with E-state index >= 15 is 0 Å². The van der Waals surface area contributed by atoms with Crippen LogP contribution in [-0.4, -0.2) is 10.8 Å². The van der Waals surface area contributed by atoms with Gasteiger partial charge in [-0.1, -0.05) is 23.2 Å². The summed E-state index contributed by atoms with van der Waals surface area (Å²) in [5.41, 5.74) is 0.123. The Morgan fingerprint density at radius 3 is 2.33 bits per heavy atom. The van der Waals surface area contributed by atoms with E-state index in [1.54, 1.807) is 0 Å². The summed E-state index contributed by atoms with van der Waals surface area (Å²) in [6.45, 7) is 0. The van der Waals surface area contributed by atoms with Gasteiger partial charge in [0.2, 0.25) is 0 Å². The van der Waals surface area contributed by atoms with Crippen molar-refractivity contribution in [2.75, 3.05) is 5.32 Å². The van der Waals surface area contributed by atoms with E-state index in [2.05, 4.69) is 5.32 Å². The minimum absolute atomic E-state index is 0.000752. The Balaban J connectivity index is 2.22. The van der Waals surface area contributed by atoms with Gasteiger partial charge in [0.1, 0.15) is 5.82 Å². The van der Waals surface area contributed by atoms with Crippen LogP contribution < -0.4 is 5.32 Å². The zero-order valence-corrected chi connectivity index (χ0v) is 11.8. The van der Waals surface area contributed by atoms with Crippen LogP contribution in [0.5, 0.6) is 0 Å². The number of hydrogen-bond donors (Lipinski definition) is 1. The van der Waals surface area contributed by atoms with Gasteiger partial charge < -0.3 is 5.32 Å². The summed E-state index contributed by atoms with van der Waals surface area (Å²) in [6, 6.07) is 7.24. The number of anilines is 1. The first-order valence-corrected chi connectivity index (χ1v) is 6.34. The van der Waals surface area contributed by atoms with Crippen molar-refractivity contribution in [1.29, 1.82) is 0 Å². The maximum atomic E-state index is 13.4. The Hall–Kier alpha value is -2.18. The lowest BCUT2D eigenvalue weighted by Gasteiger charge is -2.07. The van der Waals surface area contributed by atoms with Crippen LogP contribution in [0.15, 0.2) is 36.4 Å². The number of hydrogen-bond acceptors (Lipinski definition) is 3. The third kappa shape index (κ3) is 3.48. The van der Waals surface area contributed by atoms with Crippen molar-refractivity contribution in [2.45, 2.75) is 0 Å². The number of carbonyl (C=O) groups is 1. The molecule has 0 saturated carbocycles. The molecule has 8 heteroatoms. The molecular weight excluding hydrogens is 322 g/mol. The van der Waals surface area contributed by atoms with Gasteiger partial charge >= 0.3 is 0 Å². The fraction of sp³-hybridized carbons (Fsp3) is 0. The highest BCUT2D eigenvalue weighted by atomic mass is 35.5. The molecule has 0 fully saturated rings. The van der Waals surface area contributed by atoms with E-state index in [9.17, 15) is 19.3 Å². The predicted molar refractivity (Wildman–Crippen MR) is 77.5 cm³/mol. The van der Waals surface area contributed by atoms with Crippen molar-refractivity contribution in [3.63, 3.8) is 0 Å². The SMILES string of the molecule is O=C(Nc1ccc([N+](=O)[O-])cc1)c1cc(F)c(Cl)cc1Cl. The number of nitro groups is 1. The molecule has 1 amide bonds. The van der Waals surface area contributed by atoms with Crippen LogP contribution in [0.1, 0.15) is 10.4 Å². The summed E-state index contributed by atoms with van der Waals surface area (Å²) < 4.78 is 13.4. The molecule has 0 aliphatic heterocycles. The number of amides is 1. The lowest BCUT2D eigenvalue weighted by atomic mass is 10.2. The van der Waals surface area contributed by atoms with E-state index in [0.29, 0.717) is 5.69 Å². The monoisotopic (exact) mass is 328 g/mol. The maximum Gasteiger partial charge on any atom is 0.269 e. The van der Waals surface area contributed by atoms with E-state index in [-0.39, 0.29) is 21.3 Å². The molecule has 0 aromatic heterocycles. The quantitative estimate of drug-likeness (QED) is 0.518. The van der Waals surface area contributed by atoms with Gasteiger partial charge in [0, 0.05) is 17.8 Å². The second-order valence-electron chi connectivity index (χ2n) is 4.00. The molecule has 108 valence electrons. The molecule has 0 saturated heterocycles. The first kappa shape index (κ1) is 15.2. The van der Waals surface area contributed by atoms with E-state index < -0.39 is 16.6 Å². The number of halogens is 3. The van der Waals surface area contributed by atoms with Gasteiger partial charge in [-0.15, -0.1) is 0 Å². The third-order valence-corrected chi connectivity index (χ3v) is 3.19. The molecule has 21 heavy (non-hydrogen) atoms. The number of rotatable bonds is 3. The van der Waals surface area contributed by atoms with Crippen molar-refractivity contribution < 1.29 is 14.1 Å². The van der Waals surface area contributed by atoms with Crippen molar-refractivity contribution in [1.82, 2.24) is 0 Å². The molecule has 0 spiro atoms. The van der Waals surface area contributed by atoms with Crippen LogP contribution in [0, 0.1) is 15.9 Å². The van der Waals surface area contributed by atoms with Crippen molar-refractivity contribution >= 4 is 40.5 Å². The molecule has 0 unspecified atom stereocenters. The fourth-order valence-corrected chi connectivity index (χ4v) is 2.03. The molecule has 0 atom stereocenters. The summed E-state index contributed by atoms with van der Waals surface area (Å²) in [4.78, 5) is 21.9. The van der Waals surface area contributed by atoms with Crippen LogP contribution in [-0.2, 0) is 0 Å². The fourth-order valence-electron chi connectivity index (χ4n) is 1.56. The lowest BCUT2D eigenvalue weighted by molar-refractivity contribution is -0.384. The van der Waals surface area contributed by atoms with Crippen molar-refractivity contribution in [2.24, 2.45) is 0 Å². The predicted octanol–water partition coefficient (Wildman–Crippen LogP) is 4.29. The van der Waals surface area contributed by atoms with Gasteiger partial charge in [-0.3, -0.25) is 14.9 Å². The van der Waals surface area contributed by atoms with E-state index in [0.717, 1.165) is 12.1 Å². The molecule has 0 aliphatic carbocycles. The molecular formula is C13H7Cl2FN2O3. The first-order valence-electron chi connectivity index (χ1n) is 5.59. The second-order valence-corrected chi connectivity index (χ2v) is 4.82. The molecule has 2 aromatic carbocycles. The average molecular weight is 329 g/mol. The number of nitrogens with zero attached hydrogens (tertiary/aromatic N) is 1. The highest BCUT2D eigenvalue weighted by Crippen LogP contribution is 2.25. The number of benzene rings is 2. The van der Waals surface area contributed by atoms with E-state index in [1.165, 1.54) is 24.3 Å². The highest BCUT2D eigenvalue weighted by molar-refractivity contribution is 6.37. The van der Waals surface area contributed by atoms with Gasteiger partial charge in [-0.05, 0) is 24.3 Å². The molecule has 1 N–H and O–H groups in total. The molecule has 0 radical (unpaired) electrons. The smallest absolute Gasteiger partial charge is 0.269 e.